The van der Waals surface area contributed by atoms with Crippen molar-refractivity contribution >= 4 is 11.0 Å². The monoisotopic (exact) mass is 263 g/mol. The van der Waals surface area contributed by atoms with Crippen molar-refractivity contribution in [2.45, 2.75) is 12.5 Å². The maximum atomic E-state index is 4.49. The van der Waals surface area contributed by atoms with E-state index < -0.39 is 0 Å². The molecule has 2 aromatic carbocycles. The van der Waals surface area contributed by atoms with Gasteiger partial charge in [-0.1, -0.05) is 42.5 Å². The fraction of sp³-hybridized carbons (Fsp3) is 0.176. The molecule has 0 aliphatic heterocycles. The molecule has 1 aromatic heterocycles. The summed E-state index contributed by atoms with van der Waals surface area (Å²) in [5.74, 6) is 0. The van der Waals surface area contributed by atoms with Crippen LogP contribution in [0, 0.1) is 0 Å². The third-order valence-electron chi connectivity index (χ3n) is 3.54. The number of para-hydroxylation sites is 1. The first kappa shape index (κ1) is 12.8. The van der Waals surface area contributed by atoms with E-state index in [1.165, 1.54) is 11.1 Å². The van der Waals surface area contributed by atoms with Crippen LogP contribution >= 0.6 is 0 Å². The van der Waals surface area contributed by atoms with E-state index in [2.05, 4.69) is 45.6 Å². The number of hydrogen-bond acceptors (Lipinski definition) is 3. The van der Waals surface area contributed by atoms with Gasteiger partial charge in [0.25, 0.3) is 0 Å². The second-order valence-electron chi connectivity index (χ2n) is 4.80. The number of nitrogens with one attached hydrogen (secondary N) is 1. The highest BCUT2D eigenvalue weighted by Crippen LogP contribution is 2.24. The SMILES string of the molecule is CNC(Cc1ccccc1)c1cccc2nccnc12. The molecule has 1 N–H and O–H groups in total. The molecular weight excluding hydrogens is 246 g/mol. The summed E-state index contributed by atoms with van der Waals surface area (Å²) in [5, 5.41) is 3.39. The van der Waals surface area contributed by atoms with Gasteiger partial charge in [0, 0.05) is 18.4 Å². The van der Waals surface area contributed by atoms with Crippen molar-refractivity contribution in [2.24, 2.45) is 0 Å². The molecule has 0 aliphatic rings. The van der Waals surface area contributed by atoms with Gasteiger partial charge < -0.3 is 5.32 Å². The Morgan fingerprint density at radius 1 is 0.950 bits per heavy atom. The van der Waals surface area contributed by atoms with Crippen molar-refractivity contribution in [1.82, 2.24) is 15.3 Å². The van der Waals surface area contributed by atoms with Crippen molar-refractivity contribution in [2.75, 3.05) is 7.05 Å². The van der Waals surface area contributed by atoms with Crippen LogP contribution in [0.2, 0.25) is 0 Å². The average Bonchev–Trinajstić information content (AvgIpc) is 2.53. The summed E-state index contributed by atoms with van der Waals surface area (Å²) in [6, 6.07) is 16.9. The van der Waals surface area contributed by atoms with Gasteiger partial charge in [0.2, 0.25) is 0 Å². The molecule has 3 nitrogen and oxygen atoms in total. The van der Waals surface area contributed by atoms with Crippen molar-refractivity contribution in [3.63, 3.8) is 0 Å². The van der Waals surface area contributed by atoms with E-state index in [9.17, 15) is 0 Å². The van der Waals surface area contributed by atoms with E-state index in [-0.39, 0.29) is 6.04 Å². The Labute approximate surface area is 118 Å². The third-order valence-corrected chi connectivity index (χ3v) is 3.54. The lowest BCUT2D eigenvalue weighted by Crippen LogP contribution is -2.19. The highest BCUT2D eigenvalue weighted by Gasteiger charge is 2.14. The molecule has 0 saturated heterocycles. The van der Waals surface area contributed by atoms with Crippen molar-refractivity contribution in [3.05, 3.63) is 72.1 Å². The first-order valence-corrected chi connectivity index (χ1v) is 6.79. The normalized spacial score (nSPS) is 12.4. The summed E-state index contributed by atoms with van der Waals surface area (Å²) in [4.78, 5) is 8.86. The highest BCUT2D eigenvalue weighted by molar-refractivity contribution is 5.78. The smallest absolute Gasteiger partial charge is 0.0934 e. The minimum atomic E-state index is 0.234. The van der Waals surface area contributed by atoms with E-state index in [0.717, 1.165) is 17.5 Å². The molecule has 3 aromatic rings. The van der Waals surface area contributed by atoms with Crippen LogP contribution in [0.3, 0.4) is 0 Å². The summed E-state index contributed by atoms with van der Waals surface area (Å²) >= 11 is 0. The van der Waals surface area contributed by atoms with E-state index in [1.807, 2.05) is 25.2 Å². The molecule has 0 spiro atoms. The molecule has 1 heterocycles. The minimum absolute atomic E-state index is 0.234. The van der Waals surface area contributed by atoms with Crippen LogP contribution in [0.5, 0.6) is 0 Å². The first-order valence-electron chi connectivity index (χ1n) is 6.79. The standard InChI is InChI=1S/C17H17N3/c1-18-16(12-13-6-3-2-4-7-13)14-8-5-9-15-17(14)20-11-10-19-15/h2-11,16,18H,12H2,1H3. The van der Waals surface area contributed by atoms with Crippen LogP contribution in [0.1, 0.15) is 17.2 Å². The second kappa shape index (κ2) is 5.80. The molecule has 20 heavy (non-hydrogen) atoms. The largest absolute Gasteiger partial charge is 0.313 e. The number of rotatable bonds is 4. The average molecular weight is 263 g/mol. The van der Waals surface area contributed by atoms with Gasteiger partial charge in [0.1, 0.15) is 0 Å². The number of aromatic nitrogens is 2. The molecule has 3 heteroatoms. The van der Waals surface area contributed by atoms with E-state index in [4.69, 9.17) is 0 Å². The predicted molar refractivity (Wildman–Crippen MR) is 81.5 cm³/mol. The zero-order valence-corrected chi connectivity index (χ0v) is 11.5. The molecule has 0 radical (unpaired) electrons. The zero-order valence-electron chi connectivity index (χ0n) is 11.5. The number of fused-ring (bicyclic) bond motifs is 1. The van der Waals surface area contributed by atoms with Gasteiger partial charge in [-0.25, -0.2) is 0 Å². The topological polar surface area (TPSA) is 37.8 Å². The van der Waals surface area contributed by atoms with Crippen LogP contribution < -0.4 is 5.32 Å². The first-order chi connectivity index (χ1) is 9.88. The van der Waals surface area contributed by atoms with Crippen molar-refractivity contribution < 1.29 is 0 Å². The molecule has 0 saturated carbocycles. The quantitative estimate of drug-likeness (QED) is 0.786. The number of benzene rings is 2. The molecule has 0 aliphatic carbocycles. The minimum Gasteiger partial charge on any atom is -0.313 e. The lowest BCUT2D eigenvalue weighted by Gasteiger charge is -2.18. The lowest BCUT2D eigenvalue weighted by molar-refractivity contribution is 0.595. The Hall–Kier alpha value is -2.26. The summed E-state index contributed by atoms with van der Waals surface area (Å²) in [7, 11) is 1.99. The van der Waals surface area contributed by atoms with Gasteiger partial charge in [-0.05, 0) is 30.7 Å². The second-order valence-corrected chi connectivity index (χ2v) is 4.80. The molecule has 100 valence electrons. The summed E-state index contributed by atoms with van der Waals surface area (Å²) in [6.07, 6.45) is 4.42. The predicted octanol–water partition coefficient (Wildman–Crippen LogP) is 3.13. The number of nitrogens with zero attached hydrogens (tertiary/aromatic N) is 2. The van der Waals surface area contributed by atoms with Crippen LogP contribution in [-0.2, 0) is 6.42 Å². The van der Waals surface area contributed by atoms with Crippen molar-refractivity contribution in [3.8, 4) is 0 Å². The van der Waals surface area contributed by atoms with Crippen molar-refractivity contribution in [1.29, 1.82) is 0 Å². The van der Waals surface area contributed by atoms with E-state index >= 15 is 0 Å². The maximum absolute atomic E-state index is 4.49. The van der Waals surface area contributed by atoms with Crippen LogP contribution in [-0.4, -0.2) is 17.0 Å². The molecular formula is C17H17N3. The summed E-state index contributed by atoms with van der Waals surface area (Å²) in [6.45, 7) is 0. The summed E-state index contributed by atoms with van der Waals surface area (Å²) < 4.78 is 0. The van der Waals surface area contributed by atoms with Gasteiger partial charge in [-0.2, -0.15) is 0 Å². The van der Waals surface area contributed by atoms with E-state index in [0.29, 0.717) is 0 Å². The molecule has 0 amide bonds. The van der Waals surface area contributed by atoms with Gasteiger partial charge in [-0.15, -0.1) is 0 Å². The van der Waals surface area contributed by atoms with E-state index in [1.54, 1.807) is 12.4 Å². The molecule has 1 atom stereocenters. The Morgan fingerprint density at radius 2 is 1.75 bits per heavy atom. The van der Waals surface area contributed by atoms with Crippen LogP contribution in [0.4, 0.5) is 0 Å². The van der Waals surface area contributed by atoms with Gasteiger partial charge in [0.15, 0.2) is 0 Å². The lowest BCUT2D eigenvalue weighted by atomic mass is 9.98. The molecule has 0 bridgehead atoms. The van der Waals surface area contributed by atoms with Gasteiger partial charge in [0.05, 0.1) is 11.0 Å². The molecule has 3 rings (SSSR count). The molecule has 1 unspecified atom stereocenters. The summed E-state index contributed by atoms with van der Waals surface area (Å²) in [5.41, 5.74) is 4.43. The van der Waals surface area contributed by atoms with Crippen LogP contribution in [0.15, 0.2) is 60.9 Å². The third kappa shape index (κ3) is 2.53. The maximum Gasteiger partial charge on any atom is 0.0934 e. The highest BCUT2D eigenvalue weighted by atomic mass is 14.9. The Bertz CT molecular complexity index is 689. The van der Waals surface area contributed by atoms with Gasteiger partial charge in [-0.3, -0.25) is 9.97 Å². The fourth-order valence-electron chi connectivity index (χ4n) is 2.51. The Morgan fingerprint density at radius 3 is 2.55 bits per heavy atom. The molecule has 0 fully saturated rings. The number of hydrogen-bond donors (Lipinski definition) is 1. The fourth-order valence-corrected chi connectivity index (χ4v) is 2.51. The number of likely N-dealkylation sites (N-methyl/N-ethyl adjacent to an activating group) is 1. The Balaban J connectivity index is 1.99. The Kier molecular flexibility index (Phi) is 3.70. The van der Waals surface area contributed by atoms with Crippen LogP contribution in [0.25, 0.3) is 11.0 Å². The van der Waals surface area contributed by atoms with Gasteiger partial charge >= 0.3 is 0 Å². The zero-order chi connectivity index (χ0) is 13.8.